The minimum atomic E-state index is -0.388. The molecule has 18 heavy (non-hydrogen) atoms. The van der Waals surface area contributed by atoms with Crippen LogP contribution in [0.1, 0.15) is 17.3 Å². The third kappa shape index (κ3) is 3.92. The smallest absolute Gasteiger partial charge is 0.337 e. The molecule has 1 rings (SSSR count). The van der Waals surface area contributed by atoms with E-state index in [0.717, 1.165) is 12.2 Å². The number of methoxy groups -OCH3 is 2. The molecule has 0 saturated carbocycles. The standard InChI is InChI=1S/C13H20N2O3/c1-9(8-17-2)7-15-12-5-4-10(6-11(12)14)13(16)18-3/h4-6,9,15H,7-8,14H2,1-3H3. The maximum Gasteiger partial charge on any atom is 0.337 e. The van der Waals surface area contributed by atoms with Crippen molar-refractivity contribution in [1.29, 1.82) is 0 Å². The third-order valence-electron chi connectivity index (χ3n) is 2.56. The highest BCUT2D eigenvalue weighted by atomic mass is 16.5. The molecular formula is C13H20N2O3. The number of nitrogen functional groups attached to an aromatic ring is 1. The fourth-order valence-electron chi connectivity index (χ4n) is 1.60. The summed E-state index contributed by atoms with van der Waals surface area (Å²) in [5.74, 6) is -0.00400. The van der Waals surface area contributed by atoms with Crippen LogP contribution in [0.4, 0.5) is 11.4 Å². The Bertz CT molecular complexity index is 407. The Balaban J connectivity index is 2.65. The van der Waals surface area contributed by atoms with Gasteiger partial charge in [-0.15, -0.1) is 0 Å². The average molecular weight is 252 g/mol. The summed E-state index contributed by atoms with van der Waals surface area (Å²) in [5.41, 5.74) is 7.66. The summed E-state index contributed by atoms with van der Waals surface area (Å²) in [5, 5.41) is 3.22. The zero-order valence-electron chi connectivity index (χ0n) is 11.0. The zero-order chi connectivity index (χ0) is 13.5. The first kappa shape index (κ1) is 14.3. The fraction of sp³-hybridized carbons (Fsp3) is 0.462. The summed E-state index contributed by atoms with van der Waals surface area (Å²) in [6.45, 7) is 3.53. The van der Waals surface area contributed by atoms with Crippen molar-refractivity contribution in [2.24, 2.45) is 5.92 Å². The van der Waals surface area contributed by atoms with Crippen LogP contribution in [0.15, 0.2) is 18.2 Å². The monoisotopic (exact) mass is 252 g/mol. The molecule has 0 fully saturated rings. The predicted molar refractivity (Wildman–Crippen MR) is 71.7 cm³/mol. The molecule has 1 aromatic rings. The topological polar surface area (TPSA) is 73.6 Å². The Labute approximate surface area is 107 Å². The number of anilines is 2. The van der Waals surface area contributed by atoms with E-state index in [0.29, 0.717) is 23.8 Å². The summed E-state index contributed by atoms with van der Waals surface area (Å²) in [6, 6.07) is 5.07. The van der Waals surface area contributed by atoms with Gasteiger partial charge in [0.05, 0.1) is 30.7 Å². The Hall–Kier alpha value is -1.75. The average Bonchev–Trinajstić information content (AvgIpc) is 2.36. The van der Waals surface area contributed by atoms with Gasteiger partial charge in [-0.1, -0.05) is 6.92 Å². The zero-order valence-corrected chi connectivity index (χ0v) is 11.0. The molecule has 100 valence electrons. The van der Waals surface area contributed by atoms with Gasteiger partial charge in [0.2, 0.25) is 0 Å². The molecule has 0 spiro atoms. The highest BCUT2D eigenvalue weighted by molar-refractivity contribution is 5.91. The van der Waals surface area contributed by atoms with Gasteiger partial charge in [-0.2, -0.15) is 0 Å². The summed E-state index contributed by atoms with van der Waals surface area (Å²) in [4.78, 5) is 11.3. The predicted octanol–water partition coefficient (Wildman–Crippen LogP) is 1.75. The van der Waals surface area contributed by atoms with Crippen LogP contribution in [0.25, 0.3) is 0 Å². The van der Waals surface area contributed by atoms with Gasteiger partial charge < -0.3 is 20.5 Å². The first-order chi connectivity index (χ1) is 8.58. The van der Waals surface area contributed by atoms with E-state index in [4.69, 9.17) is 10.5 Å². The van der Waals surface area contributed by atoms with Crippen LogP contribution in [-0.2, 0) is 9.47 Å². The largest absolute Gasteiger partial charge is 0.465 e. The molecule has 1 atom stereocenters. The maximum atomic E-state index is 11.3. The van der Waals surface area contributed by atoms with Gasteiger partial charge in [-0.05, 0) is 24.1 Å². The normalized spacial score (nSPS) is 11.9. The molecule has 3 N–H and O–H groups in total. The van der Waals surface area contributed by atoms with Crippen LogP contribution in [0.3, 0.4) is 0 Å². The van der Waals surface area contributed by atoms with Crippen LogP contribution in [0.5, 0.6) is 0 Å². The molecule has 0 aliphatic rings. The van der Waals surface area contributed by atoms with Crippen LogP contribution in [0.2, 0.25) is 0 Å². The number of rotatable bonds is 6. The van der Waals surface area contributed by atoms with Gasteiger partial charge >= 0.3 is 5.97 Å². The molecule has 5 nitrogen and oxygen atoms in total. The minimum absolute atomic E-state index is 0.384. The summed E-state index contributed by atoms with van der Waals surface area (Å²) in [6.07, 6.45) is 0. The lowest BCUT2D eigenvalue weighted by Crippen LogP contribution is -2.16. The van der Waals surface area contributed by atoms with E-state index in [9.17, 15) is 4.79 Å². The fourth-order valence-corrected chi connectivity index (χ4v) is 1.60. The molecule has 0 aromatic heterocycles. The lowest BCUT2D eigenvalue weighted by molar-refractivity contribution is 0.0601. The number of benzene rings is 1. The lowest BCUT2D eigenvalue weighted by Gasteiger charge is -2.14. The number of esters is 1. The highest BCUT2D eigenvalue weighted by Gasteiger charge is 2.08. The lowest BCUT2D eigenvalue weighted by atomic mass is 10.1. The third-order valence-corrected chi connectivity index (χ3v) is 2.56. The number of ether oxygens (including phenoxy) is 2. The van der Waals surface area contributed by atoms with Crippen molar-refractivity contribution in [3.05, 3.63) is 23.8 Å². The first-order valence-electron chi connectivity index (χ1n) is 5.79. The molecule has 5 heteroatoms. The van der Waals surface area contributed by atoms with Crippen molar-refractivity contribution in [2.45, 2.75) is 6.92 Å². The van der Waals surface area contributed by atoms with E-state index in [1.54, 1.807) is 25.3 Å². The Morgan fingerprint density at radius 1 is 1.44 bits per heavy atom. The van der Waals surface area contributed by atoms with Gasteiger partial charge in [-0.3, -0.25) is 0 Å². The number of nitrogens with two attached hydrogens (primary N) is 1. The van der Waals surface area contributed by atoms with E-state index in [-0.39, 0.29) is 5.97 Å². The molecule has 0 bridgehead atoms. The Morgan fingerprint density at radius 2 is 2.17 bits per heavy atom. The van der Waals surface area contributed by atoms with Gasteiger partial charge in [-0.25, -0.2) is 4.79 Å². The van der Waals surface area contributed by atoms with Gasteiger partial charge in [0.15, 0.2) is 0 Å². The van der Waals surface area contributed by atoms with E-state index in [2.05, 4.69) is 17.0 Å². The first-order valence-corrected chi connectivity index (χ1v) is 5.79. The second-order valence-electron chi connectivity index (χ2n) is 4.24. The van der Waals surface area contributed by atoms with Crippen molar-refractivity contribution in [1.82, 2.24) is 0 Å². The number of hydrogen-bond donors (Lipinski definition) is 2. The van der Waals surface area contributed by atoms with Gasteiger partial charge in [0.25, 0.3) is 0 Å². The summed E-state index contributed by atoms with van der Waals surface area (Å²) >= 11 is 0. The minimum Gasteiger partial charge on any atom is -0.465 e. The number of nitrogens with one attached hydrogen (secondary N) is 1. The van der Waals surface area contributed by atoms with Gasteiger partial charge in [0.1, 0.15) is 0 Å². The second-order valence-corrected chi connectivity index (χ2v) is 4.24. The number of carbonyl (C=O) groups is 1. The van der Waals surface area contributed by atoms with E-state index >= 15 is 0 Å². The molecule has 1 unspecified atom stereocenters. The molecule has 0 heterocycles. The van der Waals surface area contributed by atoms with Crippen LogP contribution >= 0.6 is 0 Å². The molecule has 1 aromatic carbocycles. The van der Waals surface area contributed by atoms with Crippen molar-refractivity contribution >= 4 is 17.3 Å². The van der Waals surface area contributed by atoms with Crippen molar-refractivity contribution < 1.29 is 14.3 Å². The van der Waals surface area contributed by atoms with Crippen molar-refractivity contribution in [3.63, 3.8) is 0 Å². The second kappa shape index (κ2) is 6.86. The molecule has 0 aliphatic heterocycles. The number of carbonyl (C=O) groups excluding carboxylic acids is 1. The quantitative estimate of drug-likeness (QED) is 0.596. The van der Waals surface area contributed by atoms with E-state index in [1.165, 1.54) is 7.11 Å². The van der Waals surface area contributed by atoms with E-state index in [1.807, 2.05) is 0 Å². The molecule has 0 saturated heterocycles. The maximum absolute atomic E-state index is 11.3. The van der Waals surface area contributed by atoms with Crippen molar-refractivity contribution in [2.75, 3.05) is 38.4 Å². The Morgan fingerprint density at radius 3 is 2.72 bits per heavy atom. The number of hydrogen-bond acceptors (Lipinski definition) is 5. The van der Waals surface area contributed by atoms with Crippen LogP contribution in [-0.4, -0.2) is 33.3 Å². The van der Waals surface area contributed by atoms with Crippen LogP contribution in [0, 0.1) is 5.92 Å². The molecule has 0 aliphatic carbocycles. The highest BCUT2D eigenvalue weighted by Crippen LogP contribution is 2.20. The van der Waals surface area contributed by atoms with Gasteiger partial charge in [0, 0.05) is 13.7 Å². The van der Waals surface area contributed by atoms with Crippen molar-refractivity contribution in [3.8, 4) is 0 Å². The molecular weight excluding hydrogens is 232 g/mol. The van der Waals surface area contributed by atoms with Crippen LogP contribution < -0.4 is 11.1 Å². The SMILES string of the molecule is COCC(C)CNc1ccc(C(=O)OC)cc1N. The molecule has 0 amide bonds. The van der Waals surface area contributed by atoms with E-state index < -0.39 is 0 Å². The Kier molecular flexibility index (Phi) is 5.45. The summed E-state index contributed by atoms with van der Waals surface area (Å²) in [7, 11) is 3.02. The summed E-state index contributed by atoms with van der Waals surface area (Å²) < 4.78 is 9.68. The molecule has 0 radical (unpaired) electrons.